The van der Waals surface area contributed by atoms with Gasteiger partial charge in [-0.3, -0.25) is 9.78 Å². The average molecular weight is 355 g/mol. The minimum atomic E-state index is -0.255. The molecule has 0 amide bonds. The van der Waals surface area contributed by atoms with Crippen molar-refractivity contribution >= 4 is 23.2 Å². The van der Waals surface area contributed by atoms with Crippen molar-refractivity contribution in [2.24, 2.45) is 0 Å². The molecular formula is C19H19ClN4O. The zero-order valence-electron chi connectivity index (χ0n) is 14.4. The fourth-order valence-electron chi connectivity index (χ4n) is 2.82. The van der Waals surface area contributed by atoms with Crippen molar-refractivity contribution < 1.29 is 0 Å². The first kappa shape index (κ1) is 17.2. The molecule has 6 heteroatoms. The summed E-state index contributed by atoms with van der Waals surface area (Å²) in [7, 11) is 0. The molecule has 1 aromatic heterocycles. The zero-order valence-corrected chi connectivity index (χ0v) is 15.1. The van der Waals surface area contributed by atoms with Gasteiger partial charge in [-0.2, -0.15) is 0 Å². The summed E-state index contributed by atoms with van der Waals surface area (Å²) in [6.07, 6.45) is 0.405. The van der Waals surface area contributed by atoms with E-state index in [0.717, 1.165) is 22.4 Å². The largest absolute Gasteiger partial charge is 0.324 e. The smallest absolute Gasteiger partial charge is 0.274 e. The molecule has 1 heterocycles. The molecule has 0 fully saturated rings. The van der Waals surface area contributed by atoms with Crippen LogP contribution in [0.4, 0.5) is 11.6 Å². The van der Waals surface area contributed by atoms with Gasteiger partial charge < -0.3 is 5.32 Å². The maximum absolute atomic E-state index is 12.3. The van der Waals surface area contributed by atoms with Crippen LogP contribution in [-0.2, 0) is 6.42 Å². The zero-order chi connectivity index (χ0) is 18.0. The van der Waals surface area contributed by atoms with Crippen molar-refractivity contribution in [1.82, 2.24) is 15.2 Å². The Balaban J connectivity index is 1.83. The molecule has 0 bridgehead atoms. The number of aromatic amines is 1. The Morgan fingerprint density at radius 2 is 1.68 bits per heavy atom. The van der Waals surface area contributed by atoms with Crippen LogP contribution in [0.2, 0.25) is 5.02 Å². The minimum absolute atomic E-state index is 0.255. The second-order valence-electron chi connectivity index (χ2n) is 6.15. The number of hydrogen-bond donors (Lipinski definition) is 2. The molecule has 0 spiro atoms. The van der Waals surface area contributed by atoms with Crippen LogP contribution < -0.4 is 10.9 Å². The molecule has 0 atom stereocenters. The third-order valence-electron chi connectivity index (χ3n) is 3.97. The monoisotopic (exact) mass is 354 g/mol. The van der Waals surface area contributed by atoms with Crippen LogP contribution in [0.1, 0.15) is 27.9 Å². The van der Waals surface area contributed by atoms with Gasteiger partial charge in [-0.25, -0.2) is 0 Å². The lowest BCUT2D eigenvalue weighted by Gasteiger charge is -2.12. The van der Waals surface area contributed by atoms with Gasteiger partial charge >= 0.3 is 0 Å². The molecule has 5 nitrogen and oxygen atoms in total. The Morgan fingerprint density at radius 1 is 1.04 bits per heavy atom. The molecule has 2 aromatic carbocycles. The number of aromatic nitrogens is 3. The highest BCUT2D eigenvalue weighted by Crippen LogP contribution is 2.23. The minimum Gasteiger partial charge on any atom is -0.324 e. The summed E-state index contributed by atoms with van der Waals surface area (Å²) in [6, 6.07) is 11.5. The van der Waals surface area contributed by atoms with Gasteiger partial charge in [-0.05, 0) is 49.6 Å². The first-order chi connectivity index (χ1) is 11.9. The summed E-state index contributed by atoms with van der Waals surface area (Å²) < 4.78 is 0. The van der Waals surface area contributed by atoms with E-state index in [9.17, 15) is 4.79 Å². The number of benzene rings is 2. The predicted molar refractivity (Wildman–Crippen MR) is 101 cm³/mol. The lowest BCUT2D eigenvalue weighted by atomic mass is 10.1. The maximum atomic E-state index is 12.3. The van der Waals surface area contributed by atoms with Crippen LogP contribution in [0.15, 0.2) is 41.2 Å². The summed E-state index contributed by atoms with van der Waals surface area (Å²) in [5, 5.41) is 12.0. The van der Waals surface area contributed by atoms with Gasteiger partial charge in [0.05, 0.1) is 0 Å². The van der Waals surface area contributed by atoms with Crippen LogP contribution in [0, 0.1) is 20.8 Å². The Morgan fingerprint density at radius 3 is 2.28 bits per heavy atom. The van der Waals surface area contributed by atoms with Gasteiger partial charge in [0.2, 0.25) is 5.95 Å². The maximum Gasteiger partial charge on any atom is 0.274 e. The lowest BCUT2D eigenvalue weighted by Crippen LogP contribution is -2.19. The van der Waals surface area contributed by atoms with Crippen molar-refractivity contribution in [2.45, 2.75) is 27.2 Å². The average Bonchev–Trinajstić information content (AvgIpc) is 2.55. The second-order valence-corrected chi connectivity index (χ2v) is 6.59. The molecule has 0 radical (unpaired) electrons. The van der Waals surface area contributed by atoms with Gasteiger partial charge in [0.15, 0.2) is 0 Å². The quantitative estimate of drug-likeness (QED) is 0.740. The number of hydrogen-bond acceptors (Lipinski definition) is 4. The van der Waals surface area contributed by atoms with Crippen molar-refractivity contribution in [3.63, 3.8) is 0 Å². The Hall–Kier alpha value is -2.66. The third-order valence-corrected chi connectivity index (χ3v) is 4.22. The van der Waals surface area contributed by atoms with E-state index >= 15 is 0 Å². The highest BCUT2D eigenvalue weighted by atomic mass is 35.5. The summed E-state index contributed by atoms with van der Waals surface area (Å²) in [5.41, 5.74) is 5.37. The van der Waals surface area contributed by atoms with Gasteiger partial charge in [-0.1, -0.05) is 41.4 Å². The highest BCUT2D eigenvalue weighted by molar-refractivity contribution is 6.30. The lowest BCUT2D eigenvalue weighted by molar-refractivity contribution is 0.873. The van der Waals surface area contributed by atoms with E-state index in [2.05, 4.69) is 39.6 Å². The van der Waals surface area contributed by atoms with E-state index in [4.69, 9.17) is 11.6 Å². The Bertz CT molecular complexity index is 941. The molecule has 0 aliphatic carbocycles. The second kappa shape index (κ2) is 7.07. The summed E-state index contributed by atoms with van der Waals surface area (Å²) in [5.74, 6) is 0.333. The van der Waals surface area contributed by atoms with Crippen molar-refractivity contribution in [3.8, 4) is 0 Å². The Labute approximate surface area is 151 Å². The van der Waals surface area contributed by atoms with Crippen LogP contribution in [-0.4, -0.2) is 15.2 Å². The number of aryl methyl sites for hydroxylation is 3. The van der Waals surface area contributed by atoms with Crippen LogP contribution in [0.5, 0.6) is 0 Å². The molecule has 3 aromatic rings. The first-order valence-electron chi connectivity index (χ1n) is 7.97. The highest BCUT2D eigenvalue weighted by Gasteiger charge is 2.09. The normalized spacial score (nSPS) is 10.7. The first-order valence-corrected chi connectivity index (χ1v) is 8.35. The molecule has 2 N–H and O–H groups in total. The van der Waals surface area contributed by atoms with E-state index in [0.29, 0.717) is 23.1 Å². The Kier molecular flexibility index (Phi) is 4.86. The fourth-order valence-corrected chi connectivity index (χ4v) is 2.95. The topological polar surface area (TPSA) is 70.7 Å². The molecule has 0 unspecified atom stereocenters. The van der Waals surface area contributed by atoms with E-state index in [1.54, 1.807) is 12.1 Å². The van der Waals surface area contributed by atoms with Gasteiger partial charge in [-0.15, -0.1) is 10.2 Å². The molecule has 128 valence electrons. The molecule has 25 heavy (non-hydrogen) atoms. The van der Waals surface area contributed by atoms with E-state index in [1.165, 1.54) is 5.56 Å². The fraction of sp³-hybridized carbons (Fsp3) is 0.211. The molecule has 0 saturated heterocycles. The number of H-pyrrole nitrogens is 1. The van der Waals surface area contributed by atoms with Gasteiger partial charge in [0.25, 0.3) is 5.56 Å². The molecule has 0 aliphatic heterocycles. The van der Waals surface area contributed by atoms with Gasteiger partial charge in [0, 0.05) is 17.1 Å². The van der Waals surface area contributed by atoms with E-state index in [1.807, 2.05) is 26.0 Å². The number of anilines is 2. The van der Waals surface area contributed by atoms with E-state index < -0.39 is 0 Å². The molecular weight excluding hydrogens is 336 g/mol. The third kappa shape index (κ3) is 4.06. The molecule has 3 rings (SSSR count). The van der Waals surface area contributed by atoms with Crippen LogP contribution in [0.3, 0.4) is 0 Å². The van der Waals surface area contributed by atoms with Crippen molar-refractivity contribution in [1.29, 1.82) is 0 Å². The van der Waals surface area contributed by atoms with Crippen molar-refractivity contribution in [3.05, 3.63) is 79.7 Å². The standard InChI is InChI=1S/C19H19ClN4O/c1-11-8-12(2)17(13(3)9-11)21-19-22-18(25)16(23-24-19)10-14-4-6-15(20)7-5-14/h4-9H,10H2,1-3H3,(H2,21,22,24,25). The number of nitrogens with zero attached hydrogens (tertiary/aromatic N) is 2. The number of nitrogens with one attached hydrogen (secondary N) is 2. The van der Waals surface area contributed by atoms with E-state index in [-0.39, 0.29) is 5.56 Å². The van der Waals surface area contributed by atoms with Crippen LogP contribution >= 0.6 is 11.6 Å². The number of halogens is 1. The van der Waals surface area contributed by atoms with Crippen LogP contribution in [0.25, 0.3) is 0 Å². The summed E-state index contributed by atoms with van der Waals surface area (Å²) in [4.78, 5) is 15.1. The SMILES string of the molecule is Cc1cc(C)c(Nc2nnc(Cc3ccc(Cl)cc3)c(=O)[nH]2)c(C)c1. The number of rotatable bonds is 4. The van der Waals surface area contributed by atoms with Crippen molar-refractivity contribution in [2.75, 3.05) is 5.32 Å². The predicted octanol–water partition coefficient (Wildman–Crippen LogP) is 4.08. The summed E-state index contributed by atoms with van der Waals surface area (Å²) >= 11 is 5.87. The van der Waals surface area contributed by atoms with Gasteiger partial charge in [0.1, 0.15) is 5.69 Å². The molecule has 0 saturated carbocycles. The summed E-state index contributed by atoms with van der Waals surface area (Å²) in [6.45, 7) is 6.09. The molecule has 0 aliphatic rings.